The number of urea groups is 1. The number of nitrogens with one attached hydrogen (secondary N) is 1. The number of nitrogens with zero attached hydrogens (tertiary/aromatic N) is 4. The van der Waals surface area contributed by atoms with Crippen molar-refractivity contribution in [2.45, 2.75) is 26.3 Å². The average molecular weight is 436 g/mol. The lowest BCUT2D eigenvalue weighted by Gasteiger charge is -2.36. The average Bonchev–Trinajstić information content (AvgIpc) is 3.22. The van der Waals surface area contributed by atoms with Gasteiger partial charge in [-0.05, 0) is 44.5 Å². The molecule has 1 aromatic heterocycles. The molecular formula is C20H26FN5O3S. The molecule has 1 N–H and O–H groups in total. The summed E-state index contributed by atoms with van der Waals surface area (Å²) in [6.45, 7) is 6.34. The van der Waals surface area contributed by atoms with E-state index in [4.69, 9.17) is 0 Å². The number of rotatable bonds is 3. The minimum Gasteiger partial charge on any atom is -0.365 e. The number of anilines is 2. The summed E-state index contributed by atoms with van der Waals surface area (Å²) >= 11 is 0. The number of hydrogen-bond donors (Lipinski definition) is 1. The van der Waals surface area contributed by atoms with Crippen LogP contribution in [0.2, 0.25) is 0 Å². The Bertz CT molecular complexity index is 1040. The van der Waals surface area contributed by atoms with Gasteiger partial charge in [-0.25, -0.2) is 17.6 Å². The summed E-state index contributed by atoms with van der Waals surface area (Å²) < 4.78 is 38.6. The minimum atomic E-state index is -2.98. The monoisotopic (exact) mass is 435 g/mol. The molecule has 162 valence electrons. The normalized spacial score (nSPS) is 21.1. The zero-order valence-corrected chi connectivity index (χ0v) is 18.0. The summed E-state index contributed by atoms with van der Waals surface area (Å²) in [6.07, 6.45) is 0.598. The lowest BCUT2D eigenvalue weighted by atomic mass is 10.2. The first-order valence-corrected chi connectivity index (χ1v) is 11.9. The van der Waals surface area contributed by atoms with Crippen LogP contribution in [0.3, 0.4) is 0 Å². The van der Waals surface area contributed by atoms with Crippen LogP contribution in [0.15, 0.2) is 24.3 Å². The van der Waals surface area contributed by atoms with Gasteiger partial charge in [0.1, 0.15) is 5.82 Å². The van der Waals surface area contributed by atoms with E-state index in [2.05, 4.69) is 15.3 Å². The summed E-state index contributed by atoms with van der Waals surface area (Å²) in [6, 6.07) is 5.38. The van der Waals surface area contributed by atoms with Gasteiger partial charge in [-0.1, -0.05) is 0 Å². The first-order chi connectivity index (χ1) is 14.2. The van der Waals surface area contributed by atoms with E-state index in [1.807, 2.05) is 18.5 Å². The van der Waals surface area contributed by atoms with Gasteiger partial charge in [-0.15, -0.1) is 0 Å². The maximum atomic E-state index is 13.0. The summed E-state index contributed by atoms with van der Waals surface area (Å²) in [5.74, 6) is 0.0157. The van der Waals surface area contributed by atoms with E-state index in [-0.39, 0.29) is 29.4 Å². The van der Waals surface area contributed by atoms with Gasteiger partial charge in [0.15, 0.2) is 9.84 Å². The van der Waals surface area contributed by atoms with E-state index >= 15 is 0 Å². The van der Waals surface area contributed by atoms with Crippen molar-refractivity contribution in [2.75, 3.05) is 47.9 Å². The molecule has 0 aliphatic carbocycles. The Labute approximate surface area is 175 Å². The fourth-order valence-electron chi connectivity index (χ4n) is 4.30. The Hall–Kier alpha value is -2.62. The first-order valence-electron chi connectivity index (χ1n) is 10.1. The number of piperazine rings is 1. The standard InChI is InChI=1S/C20H26FN5O3S/c1-14-19(15(2)26(23-14)18-7-12-30(28,29)13-18)24-8-10-25(11-9-24)20(27)22-17-5-3-16(21)4-6-17/h3-6,18H,7-13H2,1-2H3,(H,22,27). The molecule has 2 aromatic rings. The lowest BCUT2D eigenvalue weighted by molar-refractivity contribution is 0.208. The topological polar surface area (TPSA) is 87.5 Å². The van der Waals surface area contributed by atoms with Crippen molar-refractivity contribution in [2.24, 2.45) is 0 Å². The molecule has 10 heteroatoms. The van der Waals surface area contributed by atoms with E-state index in [9.17, 15) is 17.6 Å². The van der Waals surface area contributed by atoms with Crippen molar-refractivity contribution in [3.8, 4) is 0 Å². The second kappa shape index (κ2) is 7.90. The van der Waals surface area contributed by atoms with Gasteiger partial charge in [0.25, 0.3) is 0 Å². The minimum absolute atomic E-state index is 0.106. The zero-order valence-electron chi connectivity index (χ0n) is 17.1. The SMILES string of the molecule is Cc1nn(C2CCS(=O)(=O)C2)c(C)c1N1CCN(C(=O)Nc2ccc(F)cc2)CC1. The summed E-state index contributed by atoms with van der Waals surface area (Å²) in [5, 5.41) is 7.43. The third-order valence-electron chi connectivity index (χ3n) is 5.82. The molecule has 2 aliphatic heterocycles. The van der Waals surface area contributed by atoms with Crippen molar-refractivity contribution in [3.05, 3.63) is 41.5 Å². The predicted molar refractivity (Wildman–Crippen MR) is 113 cm³/mol. The third kappa shape index (κ3) is 4.14. The molecule has 4 rings (SSSR count). The van der Waals surface area contributed by atoms with Crippen LogP contribution in [0.1, 0.15) is 23.9 Å². The number of aromatic nitrogens is 2. The molecule has 0 radical (unpaired) electrons. The molecule has 3 heterocycles. The number of halogens is 1. The predicted octanol–water partition coefficient (Wildman–Crippen LogP) is 2.35. The molecule has 0 saturated carbocycles. The number of benzene rings is 1. The van der Waals surface area contributed by atoms with Crippen LogP contribution in [0.4, 0.5) is 20.6 Å². The lowest BCUT2D eigenvalue weighted by Crippen LogP contribution is -2.50. The van der Waals surface area contributed by atoms with Crippen molar-refractivity contribution < 1.29 is 17.6 Å². The Morgan fingerprint density at radius 3 is 2.40 bits per heavy atom. The van der Waals surface area contributed by atoms with E-state index in [0.29, 0.717) is 38.3 Å². The van der Waals surface area contributed by atoms with Crippen LogP contribution in [0.25, 0.3) is 0 Å². The largest absolute Gasteiger partial charge is 0.365 e. The number of amides is 2. The molecule has 2 saturated heterocycles. The Kier molecular flexibility index (Phi) is 5.44. The van der Waals surface area contributed by atoms with Gasteiger partial charge in [-0.3, -0.25) is 4.68 Å². The number of carbonyl (C=O) groups excluding carboxylic acids is 1. The van der Waals surface area contributed by atoms with E-state index < -0.39 is 9.84 Å². The van der Waals surface area contributed by atoms with Crippen LogP contribution in [0, 0.1) is 19.7 Å². The van der Waals surface area contributed by atoms with Gasteiger partial charge in [0.2, 0.25) is 0 Å². The fourth-order valence-corrected chi connectivity index (χ4v) is 6.00. The van der Waals surface area contributed by atoms with Crippen molar-refractivity contribution in [1.82, 2.24) is 14.7 Å². The molecule has 1 aromatic carbocycles. The number of carbonyl (C=O) groups is 1. The Balaban J connectivity index is 1.40. The summed E-state index contributed by atoms with van der Waals surface area (Å²) in [4.78, 5) is 16.4. The zero-order chi connectivity index (χ0) is 21.5. The molecule has 8 nitrogen and oxygen atoms in total. The van der Waals surface area contributed by atoms with Gasteiger partial charge < -0.3 is 15.1 Å². The Morgan fingerprint density at radius 1 is 1.13 bits per heavy atom. The van der Waals surface area contributed by atoms with Gasteiger partial charge in [-0.2, -0.15) is 5.10 Å². The van der Waals surface area contributed by atoms with Crippen LogP contribution < -0.4 is 10.2 Å². The van der Waals surface area contributed by atoms with E-state index in [0.717, 1.165) is 17.1 Å². The van der Waals surface area contributed by atoms with Gasteiger partial charge in [0.05, 0.1) is 34.6 Å². The number of sulfone groups is 1. The molecule has 2 amide bonds. The van der Waals surface area contributed by atoms with Crippen LogP contribution >= 0.6 is 0 Å². The number of hydrogen-bond acceptors (Lipinski definition) is 5. The van der Waals surface area contributed by atoms with Crippen LogP contribution in [-0.2, 0) is 9.84 Å². The van der Waals surface area contributed by atoms with Gasteiger partial charge >= 0.3 is 6.03 Å². The van der Waals surface area contributed by atoms with Crippen LogP contribution in [-0.4, -0.2) is 66.8 Å². The highest BCUT2D eigenvalue weighted by Gasteiger charge is 2.33. The molecule has 1 unspecified atom stereocenters. The molecule has 0 bridgehead atoms. The summed E-state index contributed by atoms with van der Waals surface area (Å²) in [5.41, 5.74) is 3.43. The smallest absolute Gasteiger partial charge is 0.321 e. The molecule has 1 atom stereocenters. The highest BCUT2D eigenvalue weighted by Crippen LogP contribution is 2.31. The molecule has 2 aliphatic rings. The second-order valence-corrected chi connectivity index (χ2v) is 10.2. The highest BCUT2D eigenvalue weighted by atomic mass is 32.2. The third-order valence-corrected chi connectivity index (χ3v) is 7.57. The van der Waals surface area contributed by atoms with Crippen molar-refractivity contribution in [1.29, 1.82) is 0 Å². The highest BCUT2D eigenvalue weighted by molar-refractivity contribution is 7.91. The fraction of sp³-hybridized carbons (Fsp3) is 0.500. The maximum absolute atomic E-state index is 13.0. The maximum Gasteiger partial charge on any atom is 0.321 e. The van der Waals surface area contributed by atoms with Crippen molar-refractivity contribution in [3.63, 3.8) is 0 Å². The van der Waals surface area contributed by atoms with Crippen LogP contribution in [0.5, 0.6) is 0 Å². The molecular weight excluding hydrogens is 409 g/mol. The van der Waals surface area contributed by atoms with Gasteiger partial charge in [0, 0.05) is 31.9 Å². The molecule has 0 spiro atoms. The number of aryl methyl sites for hydroxylation is 1. The first kappa shape index (κ1) is 20.6. The van der Waals surface area contributed by atoms with Crippen molar-refractivity contribution >= 4 is 27.2 Å². The molecule has 2 fully saturated rings. The Morgan fingerprint density at radius 2 is 1.80 bits per heavy atom. The summed E-state index contributed by atoms with van der Waals surface area (Å²) in [7, 11) is -2.98. The van der Waals surface area contributed by atoms with E-state index in [1.54, 1.807) is 4.90 Å². The molecule has 30 heavy (non-hydrogen) atoms. The quantitative estimate of drug-likeness (QED) is 0.800. The second-order valence-electron chi connectivity index (χ2n) is 7.93. The van der Waals surface area contributed by atoms with E-state index in [1.165, 1.54) is 24.3 Å².